The molecule has 0 fully saturated rings. The van der Waals surface area contributed by atoms with Crippen molar-refractivity contribution in [1.29, 1.82) is 0 Å². The molecule has 1 aromatic carbocycles. The van der Waals surface area contributed by atoms with Crippen LogP contribution in [-0.4, -0.2) is 16.0 Å². The first-order valence-electron chi connectivity index (χ1n) is 6.51. The Hall–Kier alpha value is -2.43. The highest BCUT2D eigenvalue weighted by Gasteiger charge is 2.12. The fraction of sp³-hybridized carbons (Fsp3) is 0.267. The third kappa shape index (κ3) is 3.32. The van der Waals surface area contributed by atoms with Crippen LogP contribution in [0.1, 0.15) is 30.9 Å². The molecule has 0 bridgehead atoms. The number of aryl methyl sites for hydroxylation is 1. The number of nitrogens with zero attached hydrogens (tertiary/aromatic N) is 2. The highest BCUT2D eigenvalue weighted by atomic mass is 16.2. The molecule has 5 heteroatoms. The second-order valence-corrected chi connectivity index (χ2v) is 4.86. The number of aromatic nitrogens is 2. The summed E-state index contributed by atoms with van der Waals surface area (Å²) in [4.78, 5) is 19.9. The van der Waals surface area contributed by atoms with Crippen LogP contribution in [0, 0.1) is 6.92 Å². The van der Waals surface area contributed by atoms with Gasteiger partial charge in [0, 0.05) is 18.1 Å². The smallest absolute Gasteiger partial charge is 0.307 e. The molecule has 0 aliphatic rings. The molecule has 20 heavy (non-hydrogen) atoms. The van der Waals surface area contributed by atoms with E-state index in [4.69, 9.17) is 0 Å². The standard InChI is InChI=1S/C15H18N4O/c1-10(2)12-6-4-5-11(3)14(12)19-15(20)18-13-9-16-7-8-17-13/h4-10H,1-3H3,(H2,17,18,19,20). The van der Waals surface area contributed by atoms with Crippen LogP contribution < -0.4 is 10.6 Å². The lowest BCUT2D eigenvalue weighted by atomic mass is 9.98. The van der Waals surface area contributed by atoms with E-state index in [1.807, 2.05) is 25.1 Å². The SMILES string of the molecule is Cc1cccc(C(C)C)c1NC(=O)Nc1cnccn1. The first kappa shape index (κ1) is 14.0. The summed E-state index contributed by atoms with van der Waals surface area (Å²) < 4.78 is 0. The summed E-state index contributed by atoms with van der Waals surface area (Å²) in [6, 6.07) is 5.68. The number of anilines is 2. The molecule has 0 aliphatic heterocycles. The Morgan fingerprint density at radius 1 is 1.20 bits per heavy atom. The fourth-order valence-corrected chi connectivity index (χ4v) is 1.97. The van der Waals surface area contributed by atoms with E-state index in [1.165, 1.54) is 12.4 Å². The van der Waals surface area contributed by atoms with Crippen LogP contribution in [0.2, 0.25) is 0 Å². The van der Waals surface area contributed by atoms with Crippen molar-refractivity contribution in [3.05, 3.63) is 47.9 Å². The van der Waals surface area contributed by atoms with Gasteiger partial charge in [0.2, 0.25) is 0 Å². The Morgan fingerprint density at radius 2 is 2.00 bits per heavy atom. The zero-order valence-corrected chi connectivity index (χ0v) is 11.8. The summed E-state index contributed by atoms with van der Waals surface area (Å²) in [6.45, 7) is 6.17. The van der Waals surface area contributed by atoms with Crippen molar-refractivity contribution in [3.63, 3.8) is 0 Å². The molecule has 2 N–H and O–H groups in total. The fourth-order valence-electron chi connectivity index (χ4n) is 1.97. The molecule has 0 unspecified atom stereocenters. The zero-order valence-electron chi connectivity index (χ0n) is 11.8. The molecule has 2 aromatic rings. The maximum absolute atomic E-state index is 12.0. The minimum absolute atomic E-state index is 0.318. The van der Waals surface area contributed by atoms with Crippen molar-refractivity contribution >= 4 is 17.5 Å². The maximum atomic E-state index is 12.0. The predicted molar refractivity (Wildman–Crippen MR) is 79.9 cm³/mol. The van der Waals surface area contributed by atoms with Crippen LogP contribution in [0.5, 0.6) is 0 Å². The average molecular weight is 270 g/mol. The topological polar surface area (TPSA) is 66.9 Å². The van der Waals surface area contributed by atoms with E-state index in [0.717, 1.165) is 16.8 Å². The molecular formula is C15H18N4O. The maximum Gasteiger partial charge on any atom is 0.324 e. The number of rotatable bonds is 3. The van der Waals surface area contributed by atoms with Gasteiger partial charge in [0.15, 0.2) is 5.82 Å². The van der Waals surface area contributed by atoms with Crippen LogP contribution >= 0.6 is 0 Å². The summed E-state index contributed by atoms with van der Waals surface area (Å²) in [5, 5.41) is 5.55. The molecule has 2 rings (SSSR count). The second-order valence-electron chi connectivity index (χ2n) is 4.86. The molecule has 0 atom stereocenters. The first-order chi connectivity index (χ1) is 9.58. The molecule has 0 aliphatic carbocycles. The van der Waals surface area contributed by atoms with E-state index in [0.29, 0.717) is 11.7 Å². The van der Waals surface area contributed by atoms with Crippen LogP contribution in [0.25, 0.3) is 0 Å². The largest absolute Gasteiger partial charge is 0.324 e. The Morgan fingerprint density at radius 3 is 2.65 bits per heavy atom. The van der Waals surface area contributed by atoms with Crippen LogP contribution in [-0.2, 0) is 0 Å². The van der Waals surface area contributed by atoms with E-state index in [2.05, 4.69) is 34.4 Å². The Bertz CT molecular complexity index is 596. The van der Waals surface area contributed by atoms with Gasteiger partial charge in [-0.25, -0.2) is 9.78 Å². The quantitative estimate of drug-likeness (QED) is 0.896. The Labute approximate surface area is 118 Å². The lowest BCUT2D eigenvalue weighted by molar-refractivity contribution is 0.262. The van der Waals surface area contributed by atoms with Crippen LogP contribution in [0.15, 0.2) is 36.8 Å². The number of amides is 2. The molecule has 0 saturated carbocycles. The van der Waals surface area contributed by atoms with Gasteiger partial charge in [-0.15, -0.1) is 0 Å². The third-order valence-corrected chi connectivity index (χ3v) is 2.97. The predicted octanol–water partition coefficient (Wildman–Crippen LogP) is 3.55. The van der Waals surface area contributed by atoms with Gasteiger partial charge in [-0.3, -0.25) is 10.3 Å². The summed E-state index contributed by atoms with van der Waals surface area (Å²) in [5.74, 6) is 0.756. The highest BCUT2D eigenvalue weighted by Crippen LogP contribution is 2.27. The minimum Gasteiger partial charge on any atom is -0.307 e. The molecule has 104 valence electrons. The minimum atomic E-state index is -0.318. The van der Waals surface area contributed by atoms with E-state index in [-0.39, 0.29) is 6.03 Å². The van der Waals surface area contributed by atoms with Gasteiger partial charge in [-0.2, -0.15) is 0 Å². The highest BCUT2D eigenvalue weighted by molar-refractivity contribution is 6.00. The van der Waals surface area contributed by atoms with Crippen molar-refractivity contribution in [3.8, 4) is 0 Å². The first-order valence-corrected chi connectivity index (χ1v) is 6.51. The van der Waals surface area contributed by atoms with Gasteiger partial charge in [0.1, 0.15) is 0 Å². The lowest BCUT2D eigenvalue weighted by Crippen LogP contribution is -2.21. The number of nitrogens with one attached hydrogen (secondary N) is 2. The van der Waals surface area contributed by atoms with Crippen molar-refractivity contribution in [1.82, 2.24) is 9.97 Å². The lowest BCUT2D eigenvalue weighted by Gasteiger charge is -2.16. The van der Waals surface area contributed by atoms with Crippen LogP contribution in [0.3, 0.4) is 0 Å². The summed E-state index contributed by atoms with van der Waals surface area (Å²) in [7, 11) is 0. The average Bonchev–Trinajstić information content (AvgIpc) is 2.42. The molecule has 1 heterocycles. The Kier molecular flexibility index (Phi) is 4.30. The molecule has 0 spiro atoms. The van der Waals surface area contributed by atoms with Crippen molar-refractivity contribution in [2.24, 2.45) is 0 Å². The molecule has 0 radical (unpaired) electrons. The van der Waals surface area contributed by atoms with Crippen LogP contribution in [0.4, 0.5) is 16.3 Å². The Balaban J connectivity index is 2.16. The number of urea groups is 1. The number of hydrogen-bond donors (Lipinski definition) is 2. The van der Waals surface area contributed by atoms with Crippen molar-refractivity contribution < 1.29 is 4.79 Å². The van der Waals surface area contributed by atoms with Crippen molar-refractivity contribution in [2.75, 3.05) is 10.6 Å². The number of carbonyl (C=O) groups excluding carboxylic acids is 1. The van der Waals surface area contributed by atoms with Crippen molar-refractivity contribution in [2.45, 2.75) is 26.7 Å². The number of benzene rings is 1. The van der Waals surface area contributed by atoms with Gasteiger partial charge in [-0.05, 0) is 24.0 Å². The zero-order chi connectivity index (χ0) is 14.5. The number of hydrogen-bond acceptors (Lipinski definition) is 3. The number of para-hydroxylation sites is 1. The van der Waals surface area contributed by atoms with Gasteiger partial charge in [0.05, 0.1) is 6.20 Å². The van der Waals surface area contributed by atoms with E-state index < -0.39 is 0 Å². The third-order valence-electron chi connectivity index (χ3n) is 2.97. The van der Waals surface area contributed by atoms with Gasteiger partial charge in [0.25, 0.3) is 0 Å². The second kappa shape index (κ2) is 6.14. The molecule has 5 nitrogen and oxygen atoms in total. The van der Waals surface area contributed by atoms with Gasteiger partial charge in [-0.1, -0.05) is 32.0 Å². The number of carbonyl (C=O) groups is 1. The molecular weight excluding hydrogens is 252 g/mol. The van der Waals surface area contributed by atoms with E-state index in [1.54, 1.807) is 6.20 Å². The van der Waals surface area contributed by atoms with Gasteiger partial charge >= 0.3 is 6.03 Å². The summed E-state index contributed by atoms with van der Waals surface area (Å²) in [6.07, 6.45) is 4.59. The monoisotopic (exact) mass is 270 g/mol. The van der Waals surface area contributed by atoms with Gasteiger partial charge < -0.3 is 5.32 Å². The van der Waals surface area contributed by atoms with E-state index >= 15 is 0 Å². The summed E-state index contributed by atoms with van der Waals surface area (Å²) in [5.41, 5.74) is 2.99. The normalized spacial score (nSPS) is 10.4. The molecule has 2 amide bonds. The van der Waals surface area contributed by atoms with E-state index in [9.17, 15) is 4.79 Å². The molecule has 1 aromatic heterocycles. The molecule has 0 saturated heterocycles. The summed E-state index contributed by atoms with van der Waals surface area (Å²) >= 11 is 0.